The third kappa shape index (κ3) is 3.46. The largest absolute Gasteiger partial charge is 0.250 e. The van der Waals surface area contributed by atoms with E-state index in [4.69, 9.17) is 23.2 Å². The quantitative estimate of drug-likeness (QED) is 0.936. The molecule has 0 saturated heterocycles. The van der Waals surface area contributed by atoms with Gasteiger partial charge >= 0.3 is 0 Å². The van der Waals surface area contributed by atoms with Crippen molar-refractivity contribution >= 4 is 44.6 Å². The Balaban J connectivity index is 2.10. The first-order valence-electron chi connectivity index (χ1n) is 4.97. The highest BCUT2D eigenvalue weighted by Gasteiger charge is 2.15. The Morgan fingerprint density at radius 3 is 2.56 bits per heavy atom. The van der Waals surface area contributed by atoms with Crippen molar-refractivity contribution < 1.29 is 8.42 Å². The molecule has 7 heteroatoms. The molecule has 3 nitrogen and oxygen atoms in total. The Kier molecular flexibility index (Phi) is 4.29. The molecule has 96 valence electrons. The van der Waals surface area contributed by atoms with E-state index in [2.05, 4.69) is 4.72 Å². The molecule has 2 rings (SSSR count). The fraction of sp³-hybridized carbons (Fsp3) is 0.0909. The molecule has 0 saturated carbocycles. The SMILES string of the molecule is O=S(=O)(NCc1cccc(Cl)c1)c1ccc(Cl)s1. The van der Waals surface area contributed by atoms with Crippen molar-refractivity contribution in [1.82, 2.24) is 4.72 Å². The van der Waals surface area contributed by atoms with E-state index in [1.54, 1.807) is 30.3 Å². The fourth-order valence-electron chi connectivity index (χ4n) is 1.34. The van der Waals surface area contributed by atoms with E-state index in [0.29, 0.717) is 9.36 Å². The summed E-state index contributed by atoms with van der Waals surface area (Å²) in [4.78, 5) is 0. The van der Waals surface area contributed by atoms with Crippen molar-refractivity contribution in [2.75, 3.05) is 0 Å². The van der Waals surface area contributed by atoms with Crippen molar-refractivity contribution in [2.45, 2.75) is 10.8 Å². The maximum absolute atomic E-state index is 11.9. The van der Waals surface area contributed by atoms with Crippen molar-refractivity contribution in [3.8, 4) is 0 Å². The van der Waals surface area contributed by atoms with Crippen LogP contribution >= 0.6 is 34.5 Å². The van der Waals surface area contributed by atoms with Gasteiger partial charge in [-0.05, 0) is 29.8 Å². The van der Waals surface area contributed by atoms with E-state index in [9.17, 15) is 8.42 Å². The van der Waals surface area contributed by atoms with Crippen molar-refractivity contribution in [2.24, 2.45) is 0 Å². The highest BCUT2D eigenvalue weighted by atomic mass is 35.5. The Labute approximate surface area is 119 Å². The molecule has 1 heterocycles. The highest BCUT2D eigenvalue weighted by Crippen LogP contribution is 2.25. The predicted molar refractivity (Wildman–Crippen MR) is 74.8 cm³/mol. The smallest absolute Gasteiger partial charge is 0.206 e. The first kappa shape index (κ1) is 13.8. The topological polar surface area (TPSA) is 46.2 Å². The van der Waals surface area contributed by atoms with Crippen LogP contribution in [-0.4, -0.2) is 8.42 Å². The van der Waals surface area contributed by atoms with E-state index in [-0.39, 0.29) is 10.8 Å². The average molecular weight is 322 g/mol. The molecule has 0 aliphatic carbocycles. The number of sulfonamides is 1. The number of rotatable bonds is 4. The van der Waals surface area contributed by atoms with Gasteiger partial charge in [0.25, 0.3) is 0 Å². The van der Waals surface area contributed by atoms with Gasteiger partial charge in [-0.3, -0.25) is 0 Å². The first-order chi connectivity index (χ1) is 8.47. The van der Waals surface area contributed by atoms with Crippen LogP contribution in [-0.2, 0) is 16.6 Å². The van der Waals surface area contributed by atoms with Gasteiger partial charge in [0, 0.05) is 11.6 Å². The van der Waals surface area contributed by atoms with Crippen LogP contribution in [0.15, 0.2) is 40.6 Å². The summed E-state index contributed by atoms with van der Waals surface area (Å²) in [6, 6.07) is 10.1. The van der Waals surface area contributed by atoms with Gasteiger partial charge in [-0.25, -0.2) is 13.1 Å². The molecule has 1 aromatic carbocycles. The van der Waals surface area contributed by atoms with Crippen LogP contribution in [0.1, 0.15) is 5.56 Å². The van der Waals surface area contributed by atoms with Gasteiger partial charge in [0.05, 0.1) is 4.34 Å². The molecule has 0 bridgehead atoms. The van der Waals surface area contributed by atoms with Crippen LogP contribution in [0.3, 0.4) is 0 Å². The summed E-state index contributed by atoms with van der Waals surface area (Å²) in [7, 11) is -3.51. The van der Waals surface area contributed by atoms with Gasteiger partial charge in [-0.15, -0.1) is 11.3 Å². The summed E-state index contributed by atoms with van der Waals surface area (Å²) in [5.41, 5.74) is 0.800. The predicted octanol–water partition coefficient (Wildman–Crippen LogP) is 3.53. The third-order valence-electron chi connectivity index (χ3n) is 2.17. The van der Waals surface area contributed by atoms with Gasteiger partial charge < -0.3 is 0 Å². The standard InChI is InChI=1S/C11H9Cl2NO2S2/c12-9-3-1-2-8(6-9)7-14-18(15,16)11-5-4-10(13)17-11/h1-6,14H,7H2. The Hall–Kier alpha value is -0.590. The molecule has 0 unspecified atom stereocenters. The minimum absolute atomic E-state index is 0.193. The van der Waals surface area contributed by atoms with Crippen LogP contribution in [0, 0.1) is 0 Å². The molecule has 0 fully saturated rings. The lowest BCUT2D eigenvalue weighted by Gasteiger charge is -2.05. The number of halogens is 2. The molecule has 0 aliphatic heterocycles. The monoisotopic (exact) mass is 321 g/mol. The molecule has 1 aromatic heterocycles. The van der Waals surface area contributed by atoms with Gasteiger partial charge in [-0.2, -0.15) is 0 Å². The summed E-state index contributed by atoms with van der Waals surface area (Å²) < 4.78 is 27.0. The zero-order valence-corrected chi connectivity index (χ0v) is 12.2. The summed E-state index contributed by atoms with van der Waals surface area (Å²) in [6.45, 7) is 0.193. The van der Waals surface area contributed by atoms with E-state index in [1.807, 2.05) is 0 Å². The minimum Gasteiger partial charge on any atom is -0.206 e. The van der Waals surface area contributed by atoms with Crippen LogP contribution in [0.2, 0.25) is 9.36 Å². The number of nitrogens with one attached hydrogen (secondary N) is 1. The Morgan fingerprint density at radius 1 is 1.17 bits per heavy atom. The lowest BCUT2D eigenvalue weighted by molar-refractivity contribution is 0.583. The number of thiophene rings is 1. The number of hydrogen-bond acceptors (Lipinski definition) is 3. The molecular weight excluding hydrogens is 313 g/mol. The Bertz CT molecular complexity index is 653. The van der Waals surface area contributed by atoms with Gasteiger partial charge in [0.15, 0.2) is 0 Å². The zero-order chi connectivity index (χ0) is 13.2. The lowest BCUT2D eigenvalue weighted by atomic mass is 10.2. The van der Waals surface area contributed by atoms with Crippen LogP contribution < -0.4 is 4.72 Å². The molecule has 1 N–H and O–H groups in total. The number of hydrogen-bond donors (Lipinski definition) is 1. The molecule has 0 radical (unpaired) electrons. The highest BCUT2D eigenvalue weighted by molar-refractivity contribution is 7.91. The summed E-state index contributed by atoms with van der Waals surface area (Å²) in [6.07, 6.45) is 0. The molecule has 2 aromatic rings. The number of benzene rings is 1. The average Bonchev–Trinajstić information content (AvgIpc) is 2.74. The second kappa shape index (κ2) is 5.59. The summed E-state index contributed by atoms with van der Waals surface area (Å²) >= 11 is 12.6. The molecule has 0 amide bonds. The van der Waals surface area contributed by atoms with Gasteiger partial charge in [0.1, 0.15) is 4.21 Å². The minimum atomic E-state index is -3.51. The third-order valence-corrected chi connectivity index (χ3v) is 5.53. The van der Waals surface area contributed by atoms with Crippen LogP contribution in [0.4, 0.5) is 0 Å². The Morgan fingerprint density at radius 2 is 1.94 bits per heavy atom. The maximum Gasteiger partial charge on any atom is 0.250 e. The van der Waals surface area contributed by atoms with Crippen molar-refractivity contribution in [3.63, 3.8) is 0 Å². The van der Waals surface area contributed by atoms with Crippen LogP contribution in [0.5, 0.6) is 0 Å². The molecule has 18 heavy (non-hydrogen) atoms. The van der Waals surface area contributed by atoms with E-state index in [0.717, 1.165) is 16.9 Å². The first-order valence-corrected chi connectivity index (χ1v) is 8.02. The van der Waals surface area contributed by atoms with E-state index in [1.165, 1.54) is 6.07 Å². The van der Waals surface area contributed by atoms with Gasteiger partial charge in [0.2, 0.25) is 10.0 Å². The van der Waals surface area contributed by atoms with Crippen molar-refractivity contribution in [3.05, 3.63) is 51.3 Å². The molecule has 0 atom stereocenters. The van der Waals surface area contributed by atoms with Crippen LogP contribution in [0.25, 0.3) is 0 Å². The summed E-state index contributed by atoms with van der Waals surface area (Å²) in [5.74, 6) is 0. The zero-order valence-electron chi connectivity index (χ0n) is 9.06. The van der Waals surface area contributed by atoms with Gasteiger partial charge in [-0.1, -0.05) is 35.3 Å². The second-order valence-corrected chi connectivity index (χ2v) is 7.66. The maximum atomic E-state index is 11.9. The normalized spacial score (nSPS) is 11.7. The second-order valence-electron chi connectivity index (χ2n) is 3.51. The lowest BCUT2D eigenvalue weighted by Crippen LogP contribution is -2.22. The van der Waals surface area contributed by atoms with Crippen molar-refractivity contribution in [1.29, 1.82) is 0 Å². The van der Waals surface area contributed by atoms with E-state index >= 15 is 0 Å². The van der Waals surface area contributed by atoms with E-state index < -0.39 is 10.0 Å². The molecular formula is C11H9Cl2NO2S2. The fourth-order valence-corrected chi connectivity index (χ4v) is 4.10. The summed E-state index contributed by atoms with van der Waals surface area (Å²) in [5, 5.41) is 0.575. The molecule has 0 spiro atoms. The molecule has 0 aliphatic rings.